The third kappa shape index (κ3) is 2.78. The zero-order valence-corrected chi connectivity index (χ0v) is 11.0. The fourth-order valence-corrected chi connectivity index (χ4v) is 3.54. The molecule has 3 rings (SSSR count). The highest BCUT2D eigenvalue weighted by Crippen LogP contribution is 2.37. The van der Waals surface area contributed by atoms with Gasteiger partial charge in [-0.05, 0) is 18.1 Å². The first-order valence-corrected chi connectivity index (χ1v) is 6.94. The Morgan fingerprint density at radius 3 is 3.11 bits per heavy atom. The molecule has 0 fully saturated rings. The minimum atomic E-state index is -0.880. The summed E-state index contributed by atoms with van der Waals surface area (Å²) in [6.45, 7) is 0.756. The predicted molar refractivity (Wildman–Crippen MR) is 71.2 cm³/mol. The van der Waals surface area contributed by atoms with Gasteiger partial charge in [0, 0.05) is 16.3 Å². The minimum absolute atomic E-state index is 0.0714. The van der Waals surface area contributed by atoms with Crippen molar-refractivity contribution in [3.63, 3.8) is 0 Å². The normalized spacial score (nSPS) is 17.4. The summed E-state index contributed by atoms with van der Waals surface area (Å²) in [6, 6.07) is 8.40. The Kier molecular flexibility index (Phi) is 3.25. The Bertz CT molecular complexity index is 586. The van der Waals surface area contributed by atoms with Gasteiger partial charge >= 0.3 is 5.97 Å². The molecule has 1 unspecified atom stereocenters. The molecule has 0 spiro atoms. The van der Waals surface area contributed by atoms with Crippen LogP contribution in [0.3, 0.4) is 0 Å². The molecule has 6 heteroatoms. The van der Waals surface area contributed by atoms with Crippen LogP contribution in [0.5, 0.6) is 0 Å². The maximum Gasteiger partial charge on any atom is 0.309 e. The molecule has 19 heavy (non-hydrogen) atoms. The van der Waals surface area contributed by atoms with Gasteiger partial charge in [-0.1, -0.05) is 23.4 Å². The molecule has 1 aromatic carbocycles. The molecule has 0 bridgehead atoms. The van der Waals surface area contributed by atoms with Gasteiger partial charge in [-0.25, -0.2) is 0 Å². The number of benzene rings is 1. The van der Waals surface area contributed by atoms with Crippen LogP contribution in [0.1, 0.15) is 11.3 Å². The Morgan fingerprint density at radius 1 is 1.47 bits per heavy atom. The Labute approximate surface area is 114 Å². The van der Waals surface area contributed by atoms with Crippen molar-refractivity contribution >= 4 is 17.7 Å². The van der Waals surface area contributed by atoms with Crippen molar-refractivity contribution in [3.05, 3.63) is 41.7 Å². The van der Waals surface area contributed by atoms with Crippen LogP contribution in [0, 0.1) is 0 Å². The van der Waals surface area contributed by atoms with Crippen LogP contribution in [-0.2, 0) is 24.2 Å². The lowest BCUT2D eigenvalue weighted by molar-refractivity contribution is -0.136. The number of carbonyl (C=O) groups is 1. The molecule has 0 aliphatic carbocycles. The molecule has 98 valence electrons. The summed E-state index contributed by atoms with van der Waals surface area (Å²) in [4.78, 5) is 11.9. The number of fused-ring (bicyclic) bond motifs is 1. The maximum absolute atomic E-state index is 10.6. The molecular weight excluding hydrogens is 262 g/mol. The third-order valence-corrected chi connectivity index (χ3v) is 4.32. The minimum Gasteiger partial charge on any atom is -0.481 e. The van der Waals surface area contributed by atoms with E-state index in [1.54, 1.807) is 10.9 Å². The second kappa shape index (κ2) is 5.05. The highest BCUT2D eigenvalue weighted by atomic mass is 32.2. The van der Waals surface area contributed by atoms with E-state index < -0.39 is 5.97 Å². The summed E-state index contributed by atoms with van der Waals surface area (Å²) in [5.41, 5.74) is 1.89. The molecule has 0 amide bonds. The fourth-order valence-electron chi connectivity index (χ4n) is 2.23. The van der Waals surface area contributed by atoms with Crippen LogP contribution >= 0.6 is 11.8 Å². The van der Waals surface area contributed by atoms with Crippen molar-refractivity contribution < 1.29 is 9.90 Å². The van der Waals surface area contributed by atoms with E-state index in [1.807, 2.05) is 11.8 Å². The van der Waals surface area contributed by atoms with E-state index in [-0.39, 0.29) is 6.42 Å². The number of carboxylic acids is 1. The molecule has 1 aromatic heterocycles. The number of aliphatic carboxylic acids is 1. The van der Waals surface area contributed by atoms with Crippen LogP contribution in [0.25, 0.3) is 0 Å². The summed E-state index contributed by atoms with van der Waals surface area (Å²) < 4.78 is 1.74. The maximum atomic E-state index is 10.6. The van der Waals surface area contributed by atoms with Gasteiger partial charge in [-0.15, -0.1) is 16.9 Å². The van der Waals surface area contributed by atoms with Gasteiger partial charge in [0.25, 0.3) is 0 Å². The van der Waals surface area contributed by atoms with E-state index in [0.717, 1.165) is 13.0 Å². The highest BCUT2D eigenvalue weighted by Gasteiger charge is 2.22. The lowest BCUT2D eigenvalue weighted by Gasteiger charge is -2.06. The number of hydrogen-bond donors (Lipinski definition) is 1. The van der Waals surface area contributed by atoms with Crippen molar-refractivity contribution in [2.45, 2.75) is 29.5 Å². The molecule has 1 aliphatic rings. The molecule has 0 saturated heterocycles. The van der Waals surface area contributed by atoms with E-state index >= 15 is 0 Å². The summed E-state index contributed by atoms with van der Waals surface area (Å²) in [7, 11) is 0. The van der Waals surface area contributed by atoms with Gasteiger partial charge in [-0.3, -0.25) is 9.48 Å². The molecule has 0 radical (unpaired) electrons. The quantitative estimate of drug-likeness (QED) is 0.918. The van der Waals surface area contributed by atoms with Gasteiger partial charge < -0.3 is 5.11 Å². The number of thioether (sulfide) groups is 1. The van der Waals surface area contributed by atoms with Crippen LogP contribution in [-0.4, -0.2) is 31.3 Å². The first-order chi connectivity index (χ1) is 9.20. The average Bonchev–Trinajstić information content (AvgIpc) is 2.94. The van der Waals surface area contributed by atoms with Crippen molar-refractivity contribution in [1.29, 1.82) is 0 Å². The third-order valence-electron chi connectivity index (χ3n) is 3.02. The van der Waals surface area contributed by atoms with E-state index in [9.17, 15) is 4.79 Å². The predicted octanol–water partition coefficient (Wildman–Crippen LogP) is 1.62. The van der Waals surface area contributed by atoms with Crippen molar-refractivity contribution in [2.24, 2.45) is 0 Å². The topological polar surface area (TPSA) is 68.0 Å². The van der Waals surface area contributed by atoms with Gasteiger partial charge in [0.05, 0.1) is 18.7 Å². The summed E-state index contributed by atoms with van der Waals surface area (Å²) in [5, 5.41) is 17.0. The SMILES string of the molecule is O=C(O)Cc1cn(CC2Cc3ccccc3S2)nn1. The summed E-state index contributed by atoms with van der Waals surface area (Å²) in [5.74, 6) is -0.880. The summed E-state index contributed by atoms with van der Waals surface area (Å²) in [6.07, 6.45) is 2.67. The first-order valence-electron chi connectivity index (χ1n) is 6.06. The largest absolute Gasteiger partial charge is 0.481 e. The Balaban J connectivity index is 1.64. The zero-order valence-electron chi connectivity index (χ0n) is 10.2. The highest BCUT2D eigenvalue weighted by molar-refractivity contribution is 8.00. The van der Waals surface area contributed by atoms with Crippen LogP contribution in [0.15, 0.2) is 35.4 Å². The average molecular weight is 275 g/mol. The number of nitrogens with zero attached hydrogens (tertiary/aromatic N) is 3. The molecule has 2 heterocycles. The lowest BCUT2D eigenvalue weighted by atomic mass is 10.1. The Morgan fingerprint density at radius 2 is 2.32 bits per heavy atom. The lowest BCUT2D eigenvalue weighted by Crippen LogP contribution is -2.12. The second-order valence-electron chi connectivity index (χ2n) is 4.55. The van der Waals surface area contributed by atoms with E-state index in [2.05, 4.69) is 34.6 Å². The second-order valence-corrected chi connectivity index (χ2v) is 5.90. The van der Waals surface area contributed by atoms with Gasteiger partial charge in [0.15, 0.2) is 0 Å². The monoisotopic (exact) mass is 275 g/mol. The smallest absolute Gasteiger partial charge is 0.309 e. The van der Waals surface area contributed by atoms with E-state index in [1.165, 1.54) is 10.5 Å². The molecule has 1 atom stereocenters. The molecule has 2 aromatic rings. The van der Waals surface area contributed by atoms with E-state index in [0.29, 0.717) is 10.9 Å². The van der Waals surface area contributed by atoms with Gasteiger partial charge in [0.1, 0.15) is 0 Å². The molecule has 0 saturated carbocycles. The Hall–Kier alpha value is -1.82. The molecule has 5 nitrogen and oxygen atoms in total. The van der Waals surface area contributed by atoms with E-state index in [4.69, 9.17) is 5.11 Å². The molecule has 1 N–H and O–H groups in total. The number of rotatable bonds is 4. The number of carboxylic acid groups (broad SMARTS) is 1. The van der Waals surface area contributed by atoms with Crippen molar-refractivity contribution in [2.75, 3.05) is 0 Å². The number of hydrogen-bond acceptors (Lipinski definition) is 4. The standard InChI is InChI=1S/C13H13N3O2S/c17-13(18)6-10-7-16(15-14-10)8-11-5-9-3-1-2-4-12(9)19-11/h1-4,7,11H,5-6,8H2,(H,17,18). The van der Waals surface area contributed by atoms with Crippen LogP contribution < -0.4 is 0 Å². The first kappa shape index (κ1) is 12.2. The van der Waals surface area contributed by atoms with Crippen molar-refractivity contribution in [3.8, 4) is 0 Å². The zero-order chi connectivity index (χ0) is 13.2. The van der Waals surface area contributed by atoms with Crippen LogP contribution in [0.2, 0.25) is 0 Å². The van der Waals surface area contributed by atoms with Crippen LogP contribution in [0.4, 0.5) is 0 Å². The fraction of sp³-hybridized carbons (Fsp3) is 0.308. The number of aromatic nitrogens is 3. The van der Waals surface area contributed by atoms with Crippen molar-refractivity contribution in [1.82, 2.24) is 15.0 Å². The molecular formula is C13H13N3O2S. The molecule has 1 aliphatic heterocycles. The van der Waals surface area contributed by atoms with Gasteiger partial charge in [0.2, 0.25) is 0 Å². The van der Waals surface area contributed by atoms with Gasteiger partial charge in [-0.2, -0.15) is 0 Å². The summed E-state index contributed by atoms with van der Waals surface area (Å²) >= 11 is 1.85.